The largest absolute Gasteiger partial charge is 0.314 e. The molecule has 0 bridgehead atoms. The molecule has 3 aromatic carbocycles. The number of anilines is 1. The van der Waals surface area contributed by atoms with Crippen LogP contribution in [-0.4, -0.2) is 13.0 Å². The van der Waals surface area contributed by atoms with Gasteiger partial charge in [0.25, 0.3) is 0 Å². The number of rotatable bonds is 2. The number of carbonyl (C=O) groups excluding carboxylic acids is 1. The summed E-state index contributed by atoms with van der Waals surface area (Å²) in [6, 6.07) is 22.9. The standard InChI is InChI=1S/C21H15Cl2NO/c1-24-19-5-3-2-4-18(19)21(20(24)25,14-6-10-16(22)11-7-14)15-8-12-17(23)13-9-15/h2-13H,1H3. The zero-order valence-corrected chi connectivity index (χ0v) is 15.1. The van der Waals surface area contributed by atoms with E-state index in [4.69, 9.17) is 23.2 Å². The fraction of sp³-hybridized carbons (Fsp3) is 0.0952. The molecule has 4 rings (SSSR count). The molecule has 0 fully saturated rings. The first-order valence-electron chi connectivity index (χ1n) is 7.95. The highest BCUT2D eigenvalue weighted by Gasteiger charge is 2.52. The van der Waals surface area contributed by atoms with Gasteiger partial charge < -0.3 is 4.90 Å². The highest BCUT2D eigenvalue weighted by atomic mass is 35.5. The topological polar surface area (TPSA) is 20.3 Å². The minimum absolute atomic E-state index is 0.0124. The van der Waals surface area contributed by atoms with Crippen LogP contribution in [0.15, 0.2) is 72.8 Å². The molecule has 0 spiro atoms. The molecule has 1 aliphatic rings. The molecule has 0 radical (unpaired) electrons. The molecule has 0 N–H and O–H groups in total. The van der Waals surface area contributed by atoms with Gasteiger partial charge in [-0.3, -0.25) is 4.79 Å². The van der Waals surface area contributed by atoms with Crippen molar-refractivity contribution in [3.63, 3.8) is 0 Å². The van der Waals surface area contributed by atoms with Gasteiger partial charge in [0.05, 0.1) is 0 Å². The lowest BCUT2D eigenvalue weighted by atomic mass is 9.70. The van der Waals surface area contributed by atoms with Crippen molar-refractivity contribution in [2.45, 2.75) is 5.41 Å². The summed E-state index contributed by atoms with van der Waals surface area (Å²) >= 11 is 12.2. The van der Waals surface area contributed by atoms with E-state index in [-0.39, 0.29) is 5.91 Å². The van der Waals surface area contributed by atoms with E-state index in [0.29, 0.717) is 10.0 Å². The number of para-hydroxylation sites is 1. The van der Waals surface area contributed by atoms with E-state index >= 15 is 0 Å². The fourth-order valence-electron chi connectivity index (χ4n) is 3.68. The smallest absolute Gasteiger partial charge is 0.246 e. The van der Waals surface area contributed by atoms with Gasteiger partial charge in [0.15, 0.2) is 0 Å². The normalized spacial score (nSPS) is 15.3. The molecule has 3 aromatic rings. The first-order chi connectivity index (χ1) is 12.0. The number of benzene rings is 3. The second kappa shape index (κ2) is 5.91. The summed E-state index contributed by atoms with van der Waals surface area (Å²) < 4.78 is 0. The highest BCUT2D eigenvalue weighted by Crippen LogP contribution is 2.49. The van der Waals surface area contributed by atoms with Crippen LogP contribution in [0.25, 0.3) is 0 Å². The van der Waals surface area contributed by atoms with Gasteiger partial charge >= 0.3 is 0 Å². The third-order valence-corrected chi connectivity index (χ3v) is 5.35. The molecule has 2 nitrogen and oxygen atoms in total. The second-order valence-corrected chi connectivity index (χ2v) is 7.02. The Morgan fingerprint density at radius 1 is 0.760 bits per heavy atom. The lowest BCUT2D eigenvalue weighted by Gasteiger charge is -2.30. The van der Waals surface area contributed by atoms with Crippen molar-refractivity contribution < 1.29 is 4.79 Å². The van der Waals surface area contributed by atoms with E-state index in [0.717, 1.165) is 22.4 Å². The molecule has 0 atom stereocenters. The maximum atomic E-state index is 13.5. The molecule has 25 heavy (non-hydrogen) atoms. The summed E-state index contributed by atoms with van der Waals surface area (Å²) in [6.45, 7) is 0. The monoisotopic (exact) mass is 367 g/mol. The minimum atomic E-state index is -0.902. The number of likely N-dealkylation sites (N-methyl/N-ethyl adjacent to an activating group) is 1. The highest BCUT2D eigenvalue weighted by molar-refractivity contribution is 6.31. The lowest BCUT2D eigenvalue weighted by Crippen LogP contribution is -2.40. The second-order valence-electron chi connectivity index (χ2n) is 6.15. The lowest BCUT2D eigenvalue weighted by molar-refractivity contribution is -0.120. The number of fused-ring (bicyclic) bond motifs is 1. The molecule has 0 aliphatic carbocycles. The molecule has 0 saturated heterocycles. The summed E-state index contributed by atoms with van der Waals surface area (Å²) in [6.07, 6.45) is 0. The maximum absolute atomic E-state index is 13.5. The van der Waals surface area contributed by atoms with Gasteiger partial charge in [0, 0.05) is 28.3 Å². The molecule has 1 aliphatic heterocycles. The number of carbonyl (C=O) groups is 1. The van der Waals surface area contributed by atoms with Gasteiger partial charge in [-0.15, -0.1) is 0 Å². The Bertz CT molecular complexity index is 903. The van der Waals surface area contributed by atoms with Crippen LogP contribution < -0.4 is 4.90 Å². The van der Waals surface area contributed by atoms with Gasteiger partial charge in [-0.1, -0.05) is 65.7 Å². The van der Waals surface area contributed by atoms with Gasteiger partial charge in [-0.2, -0.15) is 0 Å². The van der Waals surface area contributed by atoms with Crippen molar-refractivity contribution in [3.8, 4) is 0 Å². The average molecular weight is 368 g/mol. The van der Waals surface area contributed by atoms with E-state index in [1.54, 1.807) is 4.90 Å². The Morgan fingerprint density at radius 2 is 1.24 bits per heavy atom. The molecule has 1 heterocycles. The van der Waals surface area contributed by atoms with Crippen LogP contribution in [0, 0.1) is 0 Å². The average Bonchev–Trinajstić information content (AvgIpc) is 2.86. The molecule has 124 valence electrons. The number of nitrogens with zero attached hydrogens (tertiary/aromatic N) is 1. The van der Waals surface area contributed by atoms with Crippen LogP contribution in [0.3, 0.4) is 0 Å². The van der Waals surface area contributed by atoms with Gasteiger partial charge in [-0.05, 0) is 41.5 Å². The molecule has 0 unspecified atom stereocenters. The van der Waals surface area contributed by atoms with Gasteiger partial charge in [0.2, 0.25) is 5.91 Å². The van der Waals surface area contributed by atoms with Gasteiger partial charge in [0.1, 0.15) is 5.41 Å². The third-order valence-electron chi connectivity index (χ3n) is 4.85. The van der Waals surface area contributed by atoms with E-state index < -0.39 is 5.41 Å². The fourth-order valence-corrected chi connectivity index (χ4v) is 3.94. The zero-order valence-electron chi connectivity index (χ0n) is 13.5. The van der Waals surface area contributed by atoms with Crippen LogP contribution in [0.5, 0.6) is 0 Å². The van der Waals surface area contributed by atoms with E-state index in [2.05, 4.69) is 0 Å². The molecular weight excluding hydrogens is 353 g/mol. The van der Waals surface area contributed by atoms with Crippen molar-refractivity contribution >= 4 is 34.8 Å². The first-order valence-corrected chi connectivity index (χ1v) is 8.70. The number of hydrogen-bond acceptors (Lipinski definition) is 1. The Kier molecular flexibility index (Phi) is 3.82. The predicted octanol–water partition coefficient (Wildman–Crippen LogP) is 5.30. The maximum Gasteiger partial charge on any atom is 0.246 e. The third kappa shape index (κ3) is 2.29. The SMILES string of the molecule is CN1C(=O)C(c2ccc(Cl)cc2)(c2ccc(Cl)cc2)c2ccccc21. The predicted molar refractivity (Wildman–Crippen MR) is 103 cm³/mol. The molecule has 0 aromatic heterocycles. The van der Waals surface area contributed by atoms with Crippen molar-refractivity contribution in [1.82, 2.24) is 0 Å². The Hall–Kier alpha value is -2.29. The van der Waals surface area contributed by atoms with Gasteiger partial charge in [-0.25, -0.2) is 0 Å². The van der Waals surface area contributed by atoms with Crippen LogP contribution in [0.2, 0.25) is 10.0 Å². The van der Waals surface area contributed by atoms with Crippen molar-refractivity contribution in [2.75, 3.05) is 11.9 Å². The van der Waals surface area contributed by atoms with E-state index in [1.807, 2.05) is 79.8 Å². The molecule has 4 heteroatoms. The van der Waals surface area contributed by atoms with Crippen LogP contribution in [0.1, 0.15) is 16.7 Å². The summed E-state index contributed by atoms with van der Waals surface area (Å²) in [5, 5.41) is 1.28. The summed E-state index contributed by atoms with van der Waals surface area (Å²) in [5.74, 6) is 0.0124. The quantitative estimate of drug-likeness (QED) is 0.601. The Balaban J connectivity index is 2.08. The summed E-state index contributed by atoms with van der Waals surface area (Å²) in [7, 11) is 1.81. The zero-order chi connectivity index (χ0) is 17.6. The number of amides is 1. The van der Waals surface area contributed by atoms with Crippen LogP contribution in [-0.2, 0) is 10.2 Å². The summed E-state index contributed by atoms with van der Waals surface area (Å²) in [4.78, 5) is 15.2. The Morgan fingerprint density at radius 3 is 1.76 bits per heavy atom. The van der Waals surface area contributed by atoms with Crippen LogP contribution >= 0.6 is 23.2 Å². The van der Waals surface area contributed by atoms with Crippen molar-refractivity contribution in [2.24, 2.45) is 0 Å². The number of hydrogen-bond donors (Lipinski definition) is 0. The molecule has 1 amide bonds. The van der Waals surface area contributed by atoms with E-state index in [9.17, 15) is 4.79 Å². The van der Waals surface area contributed by atoms with E-state index in [1.165, 1.54) is 0 Å². The first kappa shape index (κ1) is 16.2. The molecule has 0 saturated carbocycles. The Labute approximate surface area is 156 Å². The van der Waals surface area contributed by atoms with Crippen LogP contribution in [0.4, 0.5) is 5.69 Å². The van der Waals surface area contributed by atoms with Crippen molar-refractivity contribution in [1.29, 1.82) is 0 Å². The molecular formula is C21H15Cl2NO. The van der Waals surface area contributed by atoms with Crippen molar-refractivity contribution in [3.05, 3.63) is 99.5 Å². The minimum Gasteiger partial charge on any atom is -0.314 e. The number of halogens is 2. The summed E-state index contributed by atoms with van der Waals surface area (Å²) in [5.41, 5.74) is 2.76.